The van der Waals surface area contributed by atoms with Crippen LogP contribution in [-0.2, 0) is 22.9 Å². The number of carbonyl (C=O) groups is 1. The third kappa shape index (κ3) is 6.05. The number of anilines is 1. The van der Waals surface area contributed by atoms with Crippen molar-refractivity contribution in [2.75, 3.05) is 29.9 Å². The zero-order valence-corrected chi connectivity index (χ0v) is 17.4. The van der Waals surface area contributed by atoms with Crippen LogP contribution in [0.4, 0.5) is 9.93 Å². The van der Waals surface area contributed by atoms with Gasteiger partial charge in [0, 0.05) is 31.6 Å². The minimum Gasteiger partial charge on any atom is -0.334 e. The first-order valence-electron chi connectivity index (χ1n) is 8.17. The molecule has 2 aromatic rings. The molecule has 1 aliphatic rings. The lowest BCUT2D eigenvalue weighted by Crippen LogP contribution is -2.39. The molecule has 7 nitrogen and oxygen atoms in total. The Bertz CT molecular complexity index is 919. The van der Waals surface area contributed by atoms with E-state index in [2.05, 4.69) is 15.6 Å². The van der Waals surface area contributed by atoms with Crippen LogP contribution >= 0.6 is 34.5 Å². The number of hydrogen-bond donors (Lipinski definition) is 2. The second kappa shape index (κ2) is 8.74. The van der Waals surface area contributed by atoms with Gasteiger partial charge in [-0.1, -0.05) is 29.3 Å². The van der Waals surface area contributed by atoms with Gasteiger partial charge in [0.2, 0.25) is 0 Å². The van der Waals surface area contributed by atoms with Crippen LogP contribution in [0.5, 0.6) is 0 Å². The topological polar surface area (TPSA) is 91.4 Å². The Labute approximate surface area is 171 Å². The van der Waals surface area contributed by atoms with Crippen LogP contribution in [0.3, 0.4) is 0 Å². The van der Waals surface area contributed by atoms with Gasteiger partial charge >= 0.3 is 6.03 Å². The second-order valence-electron chi connectivity index (χ2n) is 6.13. The highest BCUT2D eigenvalue weighted by molar-refractivity contribution is 7.91. The highest BCUT2D eigenvalue weighted by atomic mass is 35.5. The van der Waals surface area contributed by atoms with E-state index in [9.17, 15) is 13.2 Å². The molecule has 1 aromatic carbocycles. The molecular weight excluding hydrogens is 431 g/mol. The van der Waals surface area contributed by atoms with Crippen LogP contribution in [0.2, 0.25) is 10.0 Å². The number of thiazole rings is 1. The monoisotopic (exact) mass is 448 g/mol. The fourth-order valence-corrected chi connectivity index (χ4v) is 4.84. The third-order valence-corrected chi connectivity index (χ3v) is 7.19. The smallest absolute Gasteiger partial charge is 0.321 e. The molecule has 2 N–H and O–H groups in total. The summed E-state index contributed by atoms with van der Waals surface area (Å²) in [6, 6.07) is 4.79. The van der Waals surface area contributed by atoms with E-state index in [1.54, 1.807) is 18.2 Å². The summed E-state index contributed by atoms with van der Waals surface area (Å²) in [7, 11) is -2.89. The van der Waals surface area contributed by atoms with Crippen molar-refractivity contribution in [3.05, 3.63) is 44.9 Å². The minimum atomic E-state index is -2.89. The molecule has 1 aliphatic heterocycles. The minimum absolute atomic E-state index is 0.180. The Hall–Kier alpha value is -1.39. The molecule has 0 atom stereocenters. The molecule has 0 aliphatic carbocycles. The Morgan fingerprint density at radius 1 is 1.22 bits per heavy atom. The number of aromatic nitrogens is 1. The number of amides is 2. The van der Waals surface area contributed by atoms with Gasteiger partial charge in [0.1, 0.15) is 0 Å². The first kappa shape index (κ1) is 20.3. The summed E-state index contributed by atoms with van der Waals surface area (Å²) in [4.78, 5) is 18.4. The molecular formula is C16H18Cl2N4O3S2. The van der Waals surface area contributed by atoms with Gasteiger partial charge in [-0.2, -0.15) is 0 Å². The number of nitrogens with zero attached hydrogens (tertiary/aromatic N) is 2. The van der Waals surface area contributed by atoms with Crippen LogP contribution in [-0.4, -0.2) is 48.9 Å². The van der Waals surface area contributed by atoms with E-state index in [-0.39, 0.29) is 17.5 Å². The standard InChI is InChI=1S/C16H18Cl2N4O3S2/c17-13-2-1-11(7-14(13)18)8-19-15(23)21-16-20-12(10-26-16)9-22-3-5-27(24,25)6-4-22/h1-2,7,10H,3-6,8-9H2,(H2,19,20,21,23). The van der Waals surface area contributed by atoms with Crippen molar-refractivity contribution >= 4 is 55.5 Å². The summed E-state index contributed by atoms with van der Waals surface area (Å²) in [5.41, 5.74) is 1.64. The van der Waals surface area contributed by atoms with Gasteiger partial charge in [-0.25, -0.2) is 18.2 Å². The number of carbonyl (C=O) groups excluding carboxylic acids is 1. The van der Waals surface area contributed by atoms with Gasteiger partial charge in [0.05, 0.1) is 27.2 Å². The summed E-state index contributed by atoms with van der Waals surface area (Å²) >= 11 is 13.1. The lowest BCUT2D eigenvalue weighted by molar-refractivity contribution is 0.251. The van der Waals surface area contributed by atoms with Gasteiger partial charge in [-0.3, -0.25) is 10.2 Å². The maximum absolute atomic E-state index is 12.0. The molecule has 11 heteroatoms. The summed E-state index contributed by atoms with van der Waals surface area (Å²) in [6.45, 7) is 1.89. The zero-order valence-electron chi connectivity index (χ0n) is 14.2. The van der Waals surface area contributed by atoms with Crippen molar-refractivity contribution < 1.29 is 13.2 Å². The van der Waals surface area contributed by atoms with E-state index in [1.165, 1.54) is 11.3 Å². The molecule has 1 fully saturated rings. The SMILES string of the molecule is O=C(NCc1ccc(Cl)c(Cl)c1)Nc1nc(CN2CCS(=O)(=O)CC2)cs1. The molecule has 2 amide bonds. The van der Waals surface area contributed by atoms with Gasteiger partial charge in [0.15, 0.2) is 15.0 Å². The van der Waals surface area contributed by atoms with Crippen molar-refractivity contribution in [3.8, 4) is 0 Å². The molecule has 2 heterocycles. The maximum Gasteiger partial charge on any atom is 0.321 e. The summed E-state index contributed by atoms with van der Waals surface area (Å²) < 4.78 is 22.9. The van der Waals surface area contributed by atoms with Gasteiger partial charge < -0.3 is 5.32 Å². The maximum atomic E-state index is 12.0. The number of urea groups is 1. The van der Waals surface area contributed by atoms with Crippen molar-refractivity contribution in [3.63, 3.8) is 0 Å². The van der Waals surface area contributed by atoms with Crippen molar-refractivity contribution in [2.45, 2.75) is 13.1 Å². The van der Waals surface area contributed by atoms with Crippen LogP contribution < -0.4 is 10.6 Å². The van der Waals surface area contributed by atoms with E-state index in [4.69, 9.17) is 23.2 Å². The first-order chi connectivity index (χ1) is 12.8. The van der Waals surface area contributed by atoms with E-state index in [0.29, 0.717) is 41.4 Å². The predicted octanol–water partition coefficient (Wildman–Crippen LogP) is 3.00. The average Bonchev–Trinajstić information content (AvgIpc) is 3.05. The van der Waals surface area contributed by atoms with Gasteiger partial charge in [-0.15, -0.1) is 11.3 Å². The quantitative estimate of drug-likeness (QED) is 0.733. The molecule has 0 bridgehead atoms. The molecule has 146 valence electrons. The summed E-state index contributed by atoms with van der Waals surface area (Å²) in [6.07, 6.45) is 0. The molecule has 0 unspecified atom stereocenters. The number of rotatable bonds is 5. The number of sulfone groups is 1. The Balaban J connectivity index is 1.47. The van der Waals surface area contributed by atoms with Crippen molar-refractivity contribution in [1.29, 1.82) is 0 Å². The highest BCUT2D eigenvalue weighted by Crippen LogP contribution is 2.22. The Kier molecular flexibility index (Phi) is 6.59. The molecule has 1 aromatic heterocycles. The normalized spacial score (nSPS) is 16.8. The number of nitrogens with one attached hydrogen (secondary N) is 2. The molecule has 0 saturated carbocycles. The van der Waals surface area contributed by atoms with Crippen LogP contribution in [0, 0.1) is 0 Å². The fourth-order valence-electron chi connectivity index (χ4n) is 2.55. The third-order valence-electron chi connectivity index (χ3n) is 4.03. The van der Waals surface area contributed by atoms with Gasteiger partial charge in [-0.05, 0) is 17.7 Å². The summed E-state index contributed by atoms with van der Waals surface area (Å²) in [5, 5.41) is 8.67. The molecule has 1 saturated heterocycles. The van der Waals surface area contributed by atoms with Crippen molar-refractivity contribution in [2.24, 2.45) is 0 Å². The molecule has 0 spiro atoms. The molecule has 0 radical (unpaired) electrons. The predicted molar refractivity (Wildman–Crippen MR) is 108 cm³/mol. The Morgan fingerprint density at radius 3 is 2.67 bits per heavy atom. The molecule has 27 heavy (non-hydrogen) atoms. The average molecular weight is 449 g/mol. The number of benzene rings is 1. The van der Waals surface area contributed by atoms with E-state index >= 15 is 0 Å². The van der Waals surface area contributed by atoms with E-state index < -0.39 is 9.84 Å². The lowest BCUT2D eigenvalue weighted by atomic mass is 10.2. The fraction of sp³-hybridized carbons (Fsp3) is 0.375. The van der Waals surface area contributed by atoms with Gasteiger partial charge in [0.25, 0.3) is 0 Å². The number of hydrogen-bond acceptors (Lipinski definition) is 6. The Morgan fingerprint density at radius 2 is 1.96 bits per heavy atom. The summed E-state index contributed by atoms with van der Waals surface area (Å²) in [5.74, 6) is 0.360. The zero-order chi connectivity index (χ0) is 19.4. The van der Waals surface area contributed by atoms with E-state index in [1.807, 2.05) is 10.3 Å². The molecule has 3 rings (SSSR count). The van der Waals surface area contributed by atoms with Crippen LogP contribution in [0.1, 0.15) is 11.3 Å². The van der Waals surface area contributed by atoms with E-state index in [0.717, 1.165) is 11.3 Å². The van der Waals surface area contributed by atoms with Crippen LogP contribution in [0.15, 0.2) is 23.6 Å². The van der Waals surface area contributed by atoms with Crippen molar-refractivity contribution in [1.82, 2.24) is 15.2 Å². The second-order valence-corrected chi connectivity index (χ2v) is 10.1. The highest BCUT2D eigenvalue weighted by Gasteiger charge is 2.22. The van der Waals surface area contributed by atoms with Crippen LogP contribution in [0.25, 0.3) is 0 Å². The lowest BCUT2D eigenvalue weighted by Gasteiger charge is -2.25. The largest absolute Gasteiger partial charge is 0.334 e. The number of halogens is 2. The first-order valence-corrected chi connectivity index (χ1v) is 11.6.